The standard InChI is InChI=1S/C20H22N2O4/c23-19-17(13-25-11-15-7-3-1-4-8-15)21-20(24)18(22-19)14-26-12-16-9-5-2-6-10-16/h1-10,17-18H,11-14H2,(H,21,24)(H,22,23)/t17-,18-/m1/s1. The van der Waals surface area contributed by atoms with Gasteiger partial charge in [-0.3, -0.25) is 9.59 Å². The van der Waals surface area contributed by atoms with Gasteiger partial charge in [0.25, 0.3) is 0 Å². The topological polar surface area (TPSA) is 76.7 Å². The zero-order valence-corrected chi connectivity index (χ0v) is 14.4. The van der Waals surface area contributed by atoms with Crippen molar-refractivity contribution < 1.29 is 19.1 Å². The molecule has 26 heavy (non-hydrogen) atoms. The van der Waals surface area contributed by atoms with Gasteiger partial charge < -0.3 is 20.1 Å². The number of benzene rings is 2. The number of carbonyl (C=O) groups excluding carboxylic acids is 2. The number of hydrogen-bond acceptors (Lipinski definition) is 4. The summed E-state index contributed by atoms with van der Waals surface area (Å²) in [6, 6.07) is 18.0. The minimum Gasteiger partial charge on any atom is -0.374 e. The first-order chi connectivity index (χ1) is 12.7. The maximum Gasteiger partial charge on any atom is 0.245 e. The number of carbonyl (C=O) groups is 2. The van der Waals surface area contributed by atoms with E-state index in [-0.39, 0.29) is 25.0 Å². The largest absolute Gasteiger partial charge is 0.374 e. The number of amides is 2. The number of piperazine rings is 1. The Bertz CT molecular complexity index is 658. The summed E-state index contributed by atoms with van der Waals surface area (Å²) in [5.74, 6) is -0.517. The molecule has 6 nitrogen and oxygen atoms in total. The van der Waals surface area contributed by atoms with Crippen molar-refractivity contribution in [3.05, 3.63) is 71.8 Å². The minimum atomic E-state index is -0.684. The molecule has 0 radical (unpaired) electrons. The van der Waals surface area contributed by atoms with Crippen LogP contribution in [-0.2, 0) is 32.3 Å². The first-order valence-electron chi connectivity index (χ1n) is 8.56. The normalized spacial score (nSPS) is 19.7. The third-order valence-corrected chi connectivity index (χ3v) is 4.06. The van der Waals surface area contributed by atoms with Gasteiger partial charge in [0.15, 0.2) is 0 Å². The highest BCUT2D eigenvalue weighted by Crippen LogP contribution is 2.05. The molecule has 1 aliphatic heterocycles. The Kier molecular flexibility index (Phi) is 6.35. The van der Waals surface area contributed by atoms with Crippen LogP contribution < -0.4 is 10.6 Å². The zero-order valence-electron chi connectivity index (χ0n) is 14.4. The van der Waals surface area contributed by atoms with E-state index < -0.39 is 12.1 Å². The van der Waals surface area contributed by atoms with E-state index in [0.29, 0.717) is 13.2 Å². The Balaban J connectivity index is 1.40. The molecule has 3 rings (SSSR count). The van der Waals surface area contributed by atoms with Gasteiger partial charge in [-0.25, -0.2) is 0 Å². The minimum absolute atomic E-state index is 0.129. The molecule has 0 aliphatic carbocycles. The van der Waals surface area contributed by atoms with E-state index in [1.165, 1.54) is 0 Å². The summed E-state index contributed by atoms with van der Waals surface area (Å²) in [4.78, 5) is 24.3. The maximum atomic E-state index is 12.2. The summed E-state index contributed by atoms with van der Waals surface area (Å²) >= 11 is 0. The molecular weight excluding hydrogens is 332 g/mol. The molecule has 0 bridgehead atoms. The SMILES string of the molecule is O=C1N[C@H](COCc2ccccc2)C(=O)N[C@@H]1COCc1ccccc1. The van der Waals surface area contributed by atoms with Gasteiger partial charge in [0.05, 0.1) is 26.4 Å². The Morgan fingerprint density at radius 2 is 1.04 bits per heavy atom. The fraction of sp³-hybridized carbons (Fsp3) is 0.300. The van der Waals surface area contributed by atoms with Crippen LogP contribution in [0.5, 0.6) is 0 Å². The van der Waals surface area contributed by atoms with Crippen molar-refractivity contribution in [3.63, 3.8) is 0 Å². The van der Waals surface area contributed by atoms with Crippen molar-refractivity contribution in [3.8, 4) is 0 Å². The van der Waals surface area contributed by atoms with Crippen LogP contribution in [0.4, 0.5) is 0 Å². The van der Waals surface area contributed by atoms with Crippen molar-refractivity contribution in [1.82, 2.24) is 10.6 Å². The third kappa shape index (κ3) is 5.15. The van der Waals surface area contributed by atoms with E-state index in [9.17, 15) is 9.59 Å². The van der Waals surface area contributed by atoms with Crippen LogP contribution in [0.15, 0.2) is 60.7 Å². The first-order valence-corrected chi connectivity index (χ1v) is 8.56. The summed E-state index contributed by atoms with van der Waals surface area (Å²) < 4.78 is 11.1. The van der Waals surface area contributed by atoms with Crippen LogP contribution in [0.3, 0.4) is 0 Å². The molecule has 136 valence electrons. The fourth-order valence-corrected chi connectivity index (χ4v) is 2.65. The molecule has 0 unspecified atom stereocenters. The quantitative estimate of drug-likeness (QED) is 0.751. The zero-order chi connectivity index (χ0) is 18.2. The Morgan fingerprint density at radius 3 is 1.42 bits per heavy atom. The average Bonchev–Trinajstić information content (AvgIpc) is 2.67. The number of nitrogens with one attached hydrogen (secondary N) is 2. The van der Waals surface area contributed by atoms with Gasteiger partial charge in [0, 0.05) is 0 Å². The third-order valence-electron chi connectivity index (χ3n) is 4.06. The molecule has 1 heterocycles. The van der Waals surface area contributed by atoms with Crippen LogP contribution in [0.2, 0.25) is 0 Å². The molecule has 1 fully saturated rings. The molecule has 1 aliphatic rings. The predicted molar refractivity (Wildman–Crippen MR) is 96.1 cm³/mol. The molecular formula is C20H22N2O4. The van der Waals surface area contributed by atoms with Gasteiger partial charge in [-0.1, -0.05) is 60.7 Å². The van der Waals surface area contributed by atoms with Crippen molar-refractivity contribution in [2.75, 3.05) is 13.2 Å². The molecule has 6 heteroatoms. The molecule has 0 aromatic heterocycles. The van der Waals surface area contributed by atoms with E-state index >= 15 is 0 Å². The highest BCUT2D eigenvalue weighted by Gasteiger charge is 2.33. The van der Waals surface area contributed by atoms with E-state index in [1.54, 1.807) is 0 Å². The van der Waals surface area contributed by atoms with Gasteiger partial charge in [0.2, 0.25) is 11.8 Å². The molecule has 2 aromatic carbocycles. The van der Waals surface area contributed by atoms with E-state index in [0.717, 1.165) is 11.1 Å². The van der Waals surface area contributed by atoms with Crippen LogP contribution in [0.25, 0.3) is 0 Å². The molecule has 1 saturated heterocycles. The van der Waals surface area contributed by atoms with Gasteiger partial charge >= 0.3 is 0 Å². The molecule has 2 N–H and O–H groups in total. The van der Waals surface area contributed by atoms with Crippen LogP contribution in [0.1, 0.15) is 11.1 Å². The van der Waals surface area contributed by atoms with Gasteiger partial charge in [0.1, 0.15) is 12.1 Å². The Morgan fingerprint density at radius 1 is 0.654 bits per heavy atom. The Labute approximate surface area is 152 Å². The lowest BCUT2D eigenvalue weighted by molar-refractivity contribution is -0.140. The second-order valence-electron chi connectivity index (χ2n) is 6.12. The van der Waals surface area contributed by atoms with Crippen molar-refractivity contribution in [1.29, 1.82) is 0 Å². The monoisotopic (exact) mass is 354 g/mol. The first kappa shape index (κ1) is 18.1. The lowest BCUT2D eigenvalue weighted by Gasteiger charge is -2.29. The van der Waals surface area contributed by atoms with E-state index in [2.05, 4.69) is 10.6 Å². The maximum absolute atomic E-state index is 12.2. The second-order valence-corrected chi connectivity index (χ2v) is 6.12. The van der Waals surface area contributed by atoms with Crippen molar-refractivity contribution >= 4 is 11.8 Å². The second kappa shape index (κ2) is 9.12. The summed E-state index contributed by atoms with van der Waals surface area (Å²) in [7, 11) is 0. The van der Waals surface area contributed by atoms with Gasteiger partial charge in [-0.2, -0.15) is 0 Å². The van der Waals surface area contributed by atoms with Crippen LogP contribution in [-0.4, -0.2) is 37.1 Å². The fourth-order valence-electron chi connectivity index (χ4n) is 2.65. The number of hydrogen-bond donors (Lipinski definition) is 2. The summed E-state index contributed by atoms with van der Waals surface area (Å²) in [5, 5.41) is 5.39. The van der Waals surface area contributed by atoms with Crippen molar-refractivity contribution in [2.24, 2.45) is 0 Å². The molecule has 0 spiro atoms. The highest BCUT2D eigenvalue weighted by atomic mass is 16.5. The lowest BCUT2D eigenvalue weighted by Crippen LogP contribution is -2.64. The molecule has 2 amide bonds. The lowest BCUT2D eigenvalue weighted by atomic mass is 10.1. The Hall–Kier alpha value is -2.70. The predicted octanol–water partition coefficient (Wildman–Crippen LogP) is 1.40. The van der Waals surface area contributed by atoms with Crippen molar-refractivity contribution in [2.45, 2.75) is 25.3 Å². The smallest absolute Gasteiger partial charge is 0.245 e. The van der Waals surface area contributed by atoms with Gasteiger partial charge in [-0.15, -0.1) is 0 Å². The number of ether oxygens (including phenoxy) is 2. The van der Waals surface area contributed by atoms with E-state index in [1.807, 2.05) is 60.7 Å². The van der Waals surface area contributed by atoms with Crippen LogP contribution in [0, 0.1) is 0 Å². The van der Waals surface area contributed by atoms with Gasteiger partial charge in [-0.05, 0) is 11.1 Å². The summed E-state index contributed by atoms with van der Waals surface area (Å²) in [5.41, 5.74) is 2.03. The summed E-state index contributed by atoms with van der Waals surface area (Å²) in [6.45, 7) is 1.04. The molecule has 2 atom stereocenters. The van der Waals surface area contributed by atoms with E-state index in [4.69, 9.17) is 9.47 Å². The van der Waals surface area contributed by atoms with Crippen LogP contribution >= 0.6 is 0 Å². The summed E-state index contributed by atoms with van der Waals surface area (Å²) in [6.07, 6.45) is 0. The molecule has 0 saturated carbocycles. The average molecular weight is 354 g/mol. The molecule has 2 aromatic rings. The number of rotatable bonds is 8. The highest BCUT2D eigenvalue weighted by molar-refractivity contribution is 5.97.